The first kappa shape index (κ1) is 13.8. The molecule has 0 spiro atoms. The summed E-state index contributed by atoms with van der Waals surface area (Å²) in [5.41, 5.74) is 5.84. The van der Waals surface area contributed by atoms with Gasteiger partial charge in [0.2, 0.25) is 0 Å². The number of non-ortho nitro benzene ring substituents is 1. The molecule has 1 aliphatic rings. The summed E-state index contributed by atoms with van der Waals surface area (Å²) < 4.78 is 0. The van der Waals surface area contributed by atoms with E-state index in [4.69, 9.17) is 17.3 Å². The van der Waals surface area contributed by atoms with Gasteiger partial charge in [-0.05, 0) is 25.3 Å². The summed E-state index contributed by atoms with van der Waals surface area (Å²) in [6, 6.07) is 3.69. The van der Waals surface area contributed by atoms with Crippen molar-refractivity contribution in [2.45, 2.75) is 31.3 Å². The predicted octanol–water partition coefficient (Wildman–Crippen LogP) is 1.86. The molecule has 0 bridgehead atoms. The molecule has 1 aromatic rings. The van der Waals surface area contributed by atoms with Gasteiger partial charge in [-0.15, -0.1) is 0 Å². The quantitative estimate of drug-likeness (QED) is 0.653. The number of carbonyl (C=O) groups is 1. The van der Waals surface area contributed by atoms with Gasteiger partial charge >= 0.3 is 0 Å². The number of carbonyl (C=O) groups excluding carboxylic acids is 1. The Labute approximate surface area is 115 Å². The van der Waals surface area contributed by atoms with E-state index in [1.165, 1.54) is 18.2 Å². The van der Waals surface area contributed by atoms with Crippen molar-refractivity contribution in [1.82, 2.24) is 5.32 Å². The van der Waals surface area contributed by atoms with Gasteiger partial charge in [0.15, 0.2) is 0 Å². The molecule has 102 valence electrons. The maximum Gasteiger partial charge on any atom is 0.271 e. The standard InChI is InChI=1S/C12H14ClN3O3/c13-8-4-7(5-9(6-8)16(18)19)12(17)15-11-3-1-2-10(11)14/h4-6,10-11H,1-3,14H2,(H,15,17). The fraction of sp³-hybridized carbons (Fsp3) is 0.417. The third-order valence-electron chi connectivity index (χ3n) is 3.24. The summed E-state index contributed by atoms with van der Waals surface area (Å²) >= 11 is 5.77. The molecular weight excluding hydrogens is 270 g/mol. The average Bonchev–Trinajstić information content (AvgIpc) is 2.74. The van der Waals surface area contributed by atoms with E-state index >= 15 is 0 Å². The van der Waals surface area contributed by atoms with Gasteiger partial charge in [-0.3, -0.25) is 14.9 Å². The Kier molecular flexibility index (Phi) is 4.01. The highest BCUT2D eigenvalue weighted by molar-refractivity contribution is 6.31. The molecule has 2 rings (SSSR count). The summed E-state index contributed by atoms with van der Waals surface area (Å²) in [5.74, 6) is -0.382. The number of nitro benzene ring substituents is 1. The van der Waals surface area contributed by atoms with Crippen LogP contribution in [0.25, 0.3) is 0 Å². The van der Waals surface area contributed by atoms with Crippen LogP contribution in [0.5, 0.6) is 0 Å². The van der Waals surface area contributed by atoms with Crippen molar-refractivity contribution in [3.05, 3.63) is 38.9 Å². The number of nitro groups is 1. The van der Waals surface area contributed by atoms with Crippen LogP contribution in [0.4, 0.5) is 5.69 Å². The SMILES string of the molecule is NC1CCCC1NC(=O)c1cc(Cl)cc([N+](=O)[O-])c1. The van der Waals surface area contributed by atoms with Gasteiger partial charge in [0.05, 0.1) is 4.92 Å². The van der Waals surface area contributed by atoms with Crippen LogP contribution in [0.1, 0.15) is 29.6 Å². The minimum absolute atomic E-state index is 0.0573. The Hall–Kier alpha value is -1.66. The smallest absolute Gasteiger partial charge is 0.271 e. The lowest BCUT2D eigenvalue weighted by atomic mass is 10.1. The normalized spacial score (nSPS) is 22.2. The molecule has 1 fully saturated rings. The first-order chi connectivity index (χ1) is 8.97. The average molecular weight is 284 g/mol. The zero-order chi connectivity index (χ0) is 14.0. The Morgan fingerprint density at radius 1 is 1.42 bits per heavy atom. The summed E-state index contributed by atoms with van der Waals surface area (Å²) in [6.45, 7) is 0. The summed E-state index contributed by atoms with van der Waals surface area (Å²) in [7, 11) is 0. The zero-order valence-corrected chi connectivity index (χ0v) is 10.9. The van der Waals surface area contributed by atoms with Crippen molar-refractivity contribution < 1.29 is 9.72 Å². The third kappa shape index (κ3) is 3.21. The molecule has 19 heavy (non-hydrogen) atoms. The van der Waals surface area contributed by atoms with Crippen molar-refractivity contribution >= 4 is 23.2 Å². The predicted molar refractivity (Wildman–Crippen MR) is 71.2 cm³/mol. The van der Waals surface area contributed by atoms with E-state index in [1.807, 2.05) is 0 Å². The van der Waals surface area contributed by atoms with Gasteiger partial charge in [-0.1, -0.05) is 11.6 Å². The molecule has 1 aromatic carbocycles. The maximum atomic E-state index is 12.0. The molecule has 0 radical (unpaired) electrons. The van der Waals surface area contributed by atoms with E-state index in [1.54, 1.807) is 0 Å². The molecule has 6 nitrogen and oxygen atoms in total. The summed E-state index contributed by atoms with van der Waals surface area (Å²) in [4.78, 5) is 22.2. The van der Waals surface area contributed by atoms with Crippen molar-refractivity contribution in [3.63, 3.8) is 0 Å². The van der Waals surface area contributed by atoms with Crippen LogP contribution in [0.2, 0.25) is 5.02 Å². The lowest BCUT2D eigenvalue weighted by Crippen LogP contribution is -2.43. The highest BCUT2D eigenvalue weighted by atomic mass is 35.5. The minimum Gasteiger partial charge on any atom is -0.348 e. The molecule has 0 aromatic heterocycles. The first-order valence-electron chi connectivity index (χ1n) is 5.99. The Bertz CT molecular complexity index is 521. The Balaban J connectivity index is 2.16. The molecule has 0 saturated heterocycles. The van der Waals surface area contributed by atoms with E-state index < -0.39 is 4.92 Å². The van der Waals surface area contributed by atoms with E-state index in [2.05, 4.69) is 5.32 Å². The molecule has 1 aliphatic carbocycles. The third-order valence-corrected chi connectivity index (χ3v) is 3.46. The fourth-order valence-electron chi connectivity index (χ4n) is 2.23. The number of halogens is 1. The van der Waals surface area contributed by atoms with Gasteiger partial charge in [-0.25, -0.2) is 0 Å². The van der Waals surface area contributed by atoms with E-state index in [0.717, 1.165) is 19.3 Å². The topological polar surface area (TPSA) is 98.3 Å². The lowest BCUT2D eigenvalue weighted by Gasteiger charge is -2.17. The van der Waals surface area contributed by atoms with E-state index in [9.17, 15) is 14.9 Å². The molecule has 1 amide bonds. The molecule has 2 unspecified atom stereocenters. The van der Waals surface area contributed by atoms with Gasteiger partial charge in [-0.2, -0.15) is 0 Å². The Morgan fingerprint density at radius 3 is 2.74 bits per heavy atom. The second kappa shape index (κ2) is 5.54. The molecule has 1 saturated carbocycles. The van der Waals surface area contributed by atoms with Gasteiger partial charge < -0.3 is 11.1 Å². The summed E-state index contributed by atoms with van der Waals surface area (Å²) in [6.07, 6.45) is 2.68. The number of nitrogens with zero attached hydrogens (tertiary/aromatic N) is 1. The Morgan fingerprint density at radius 2 is 2.16 bits per heavy atom. The number of benzene rings is 1. The number of hydrogen-bond donors (Lipinski definition) is 2. The van der Waals surface area contributed by atoms with Gasteiger partial charge in [0.25, 0.3) is 11.6 Å². The van der Waals surface area contributed by atoms with Crippen molar-refractivity contribution in [2.75, 3.05) is 0 Å². The molecule has 7 heteroatoms. The van der Waals surface area contributed by atoms with Crippen LogP contribution in [0.3, 0.4) is 0 Å². The number of nitrogens with two attached hydrogens (primary N) is 1. The minimum atomic E-state index is -0.579. The first-order valence-corrected chi connectivity index (χ1v) is 6.36. The van der Waals surface area contributed by atoms with E-state index in [-0.39, 0.29) is 34.3 Å². The zero-order valence-electron chi connectivity index (χ0n) is 10.1. The van der Waals surface area contributed by atoms with Crippen molar-refractivity contribution in [3.8, 4) is 0 Å². The van der Waals surface area contributed by atoms with Crippen LogP contribution in [-0.4, -0.2) is 22.9 Å². The van der Waals surface area contributed by atoms with Crippen LogP contribution in [0, 0.1) is 10.1 Å². The maximum absolute atomic E-state index is 12.0. The second-order valence-electron chi connectivity index (χ2n) is 4.63. The monoisotopic (exact) mass is 283 g/mol. The second-order valence-corrected chi connectivity index (χ2v) is 5.07. The largest absolute Gasteiger partial charge is 0.348 e. The van der Waals surface area contributed by atoms with Gasteiger partial charge in [0.1, 0.15) is 0 Å². The van der Waals surface area contributed by atoms with Gasteiger partial charge in [0, 0.05) is 34.8 Å². The molecule has 2 atom stereocenters. The fourth-order valence-corrected chi connectivity index (χ4v) is 2.46. The van der Waals surface area contributed by atoms with Crippen LogP contribution >= 0.6 is 11.6 Å². The molecule has 3 N–H and O–H groups in total. The molecular formula is C12H14ClN3O3. The van der Waals surface area contributed by atoms with Crippen LogP contribution in [0.15, 0.2) is 18.2 Å². The highest BCUT2D eigenvalue weighted by Gasteiger charge is 2.26. The summed E-state index contributed by atoms with van der Waals surface area (Å²) in [5, 5.41) is 13.7. The molecule has 0 heterocycles. The van der Waals surface area contributed by atoms with Crippen LogP contribution < -0.4 is 11.1 Å². The lowest BCUT2D eigenvalue weighted by molar-refractivity contribution is -0.384. The number of hydrogen-bond acceptors (Lipinski definition) is 4. The van der Waals surface area contributed by atoms with Crippen molar-refractivity contribution in [1.29, 1.82) is 0 Å². The number of amides is 1. The highest BCUT2D eigenvalue weighted by Crippen LogP contribution is 2.22. The van der Waals surface area contributed by atoms with Crippen molar-refractivity contribution in [2.24, 2.45) is 5.73 Å². The molecule has 0 aliphatic heterocycles. The number of nitrogens with one attached hydrogen (secondary N) is 1. The van der Waals surface area contributed by atoms with E-state index in [0.29, 0.717) is 0 Å². The van der Waals surface area contributed by atoms with Crippen LogP contribution in [-0.2, 0) is 0 Å². The number of rotatable bonds is 3.